The van der Waals surface area contributed by atoms with Crippen LogP contribution in [0.5, 0.6) is 0 Å². The van der Waals surface area contributed by atoms with Gasteiger partial charge in [0.05, 0.1) is 5.60 Å². The van der Waals surface area contributed by atoms with Crippen molar-refractivity contribution in [1.29, 1.82) is 0 Å². The summed E-state index contributed by atoms with van der Waals surface area (Å²) in [5, 5.41) is 13.8. The van der Waals surface area contributed by atoms with Gasteiger partial charge in [0.2, 0.25) is 0 Å². The molecule has 1 saturated heterocycles. The number of aliphatic hydroxyl groups is 1. The standard InChI is InChI=1S/C15H24N2O/c1-2-9-16-12-15(18)8-10-17(13-15)11-14-6-4-3-5-7-14/h3-7,16,18H,2,8-13H2,1H3. The molecule has 0 amide bonds. The predicted molar refractivity (Wildman–Crippen MR) is 74.4 cm³/mol. The maximum absolute atomic E-state index is 10.5. The Bertz CT molecular complexity index is 355. The Morgan fingerprint density at radius 2 is 2.11 bits per heavy atom. The van der Waals surface area contributed by atoms with Crippen molar-refractivity contribution >= 4 is 0 Å². The van der Waals surface area contributed by atoms with E-state index in [9.17, 15) is 5.11 Å². The molecule has 3 heteroatoms. The Morgan fingerprint density at radius 3 is 2.83 bits per heavy atom. The third-order valence-corrected chi connectivity index (χ3v) is 3.54. The zero-order valence-electron chi connectivity index (χ0n) is 11.2. The van der Waals surface area contributed by atoms with E-state index >= 15 is 0 Å². The average Bonchev–Trinajstić information content (AvgIpc) is 2.73. The molecule has 1 aliphatic heterocycles. The second-order valence-electron chi connectivity index (χ2n) is 5.35. The largest absolute Gasteiger partial charge is 0.387 e. The Balaban J connectivity index is 1.80. The molecular weight excluding hydrogens is 224 g/mol. The fraction of sp³-hybridized carbons (Fsp3) is 0.600. The number of rotatable bonds is 6. The lowest BCUT2D eigenvalue weighted by molar-refractivity contribution is 0.0486. The SMILES string of the molecule is CCCNCC1(O)CCN(Cc2ccccc2)C1. The molecule has 0 radical (unpaired) electrons. The first-order chi connectivity index (χ1) is 8.72. The van der Waals surface area contributed by atoms with Crippen LogP contribution < -0.4 is 5.32 Å². The molecule has 0 spiro atoms. The molecule has 1 unspecified atom stereocenters. The summed E-state index contributed by atoms with van der Waals surface area (Å²) >= 11 is 0. The van der Waals surface area contributed by atoms with Gasteiger partial charge >= 0.3 is 0 Å². The molecule has 18 heavy (non-hydrogen) atoms. The summed E-state index contributed by atoms with van der Waals surface area (Å²) in [5.74, 6) is 0. The average molecular weight is 248 g/mol. The minimum Gasteiger partial charge on any atom is -0.387 e. The van der Waals surface area contributed by atoms with Gasteiger partial charge in [0.1, 0.15) is 0 Å². The highest BCUT2D eigenvalue weighted by atomic mass is 16.3. The van der Waals surface area contributed by atoms with Crippen molar-refractivity contribution in [1.82, 2.24) is 10.2 Å². The van der Waals surface area contributed by atoms with E-state index in [-0.39, 0.29) is 0 Å². The molecular formula is C15H24N2O. The van der Waals surface area contributed by atoms with Crippen LogP contribution in [0, 0.1) is 0 Å². The number of β-amino-alcohol motifs (C(OH)–C–C–N with tert-alkyl or cyclic N) is 1. The minimum absolute atomic E-state index is 0.538. The minimum atomic E-state index is -0.538. The number of likely N-dealkylation sites (tertiary alicyclic amines) is 1. The normalized spacial score (nSPS) is 24.6. The van der Waals surface area contributed by atoms with E-state index in [1.807, 2.05) is 6.07 Å². The van der Waals surface area contributed by atoms with Crippen LogP contribution in [-0.2, 0) is 6.54 Å². The van der Waals surface area contributed by atoms with Crippen molar-refractivity contribution in [2.45, 2.75) is 31.9 Å². The van der Waals surface area contributed by atoms with Crippen LogP contribution >= 0.6 is 0 Å². The van der Waals surface area contributed by atoms with Crippen LogP contribution in [0.4, 0.5) is 0 Å². The van der Waals surface area contributed by atoms with E-state index in [4.69, 9.17) is 0 Å². The third-order valence-electron chi connectivity index (χ3n) is 3.54. The van der Waals surface area contributed by atoms with Crippen molar-refractivity contribution in [3.05, 3.63) is 35.9 Å². The molecule has 2 rings (SSSR count). The number of nitrogens with one attached hydrogen (secondary N) is 1. The van der Waals surface area contributed by atoms with E-state index in [1.54, 1.807) is 0 Å². The van der Waals surface area contributed by atoms with Crippen LogP contribution in [0.2, 0.25) is 0 Å². The maximum Gasteiger partial charge on any atom is 0.0909 e. The van der Waals surface area contributed by atoms with Gasteiger partial charge in [-0.2, -0.15) is 0 Å². The van der Waals surface area contributed by atoms with Gasteiger partial charge in [0.15, 0.2) is 0 Å². The van der Waals surface area contributed by atoms with Gasteiger partial charge in [0.25, 0.3) is 0 Å². The predicted octanol–water partition coefficient (Wildman–Crippen LogP) is 1.62. The first-order valence-electron chi connectivity index (χ1n) is 6.91. The van der Waals surface area contributed by atoms with Gasteiger partial charge in [-0.3, -0.25) is 4.90 Å². The number of benzene rings is 1. The third kappa shape index (κ3) is 3.80. The van der Waals surface area contributed by atoms with Gasteiger partial charge in [-0.25, -0.2) is 0 Å². The molecule has 0 aromatic heterocycles. The Kier molecular flexibility index (Phi) is 4.75. The Labute approximate surface area is 110 Å². The lowest BCUT2D eigenvalue weighted by Gasteiger charge is -2.24. The van der Waals surface area contributed by atoms with Gasteiger partial charge < -0.3 is 10.4 Å². The smallest absolute Gasteiger partial charge is 0.0909 e. The lowest BCUT2D eigenvalue weighted by atomic mass is 10.0. The first-order valence-corrected chi connectivity index (χ1v) is 6.91. The van der Waals surface area contributed by atoms with Crippen molar-refractivity contribution in [3.8, 4) is 0 Å². The van der Waals surface area contributed by atoms with Crippen LogP contribution in [0.25, 0.3) is 0 Å². The molecule has 2 N–H and O–H groups in total. The monoisotopic (exact) mass is 248 g/mol. The van der Waals surface area contributed by atoms with Crippen LogP contribution in [0.3, 0.4) is 0 Å². The second-order valence-corrected chi connectivity index (χ2v) is 5.35. The van der Waals surface area contributed by atoms with Crippen molar-refractivity contribution in [3.63, 3.8) is 0 Å². The van der Waals surface area contributed by atoms with Gasteiger partial charge in [-0.1, -0.05) is 37.3 Å². The fourth-order valence-corrected chi connectivity index (χ4v) is 2.56. The molecule has 1 aromatic rings. The highest BCUT2D eigenvalue weighted by molar-refractivity contribution is 5.15. The van der Waals surface area contributed by atoms with Crippen LogP contribution in [-0.4, -0.2) is 41.8 Å². The molecule has 3 nitrogen and oxygen atoms in total. The van der Waals surface area contributed by atoms with Crippen LogP contribution in [0.15, 0.2) is 30.3 Å². The van der Waals surface area contributed by atoms with Crippen LogP contribution in [0.1, 0.15) is 25.3 Å². The molecule has 1 atom stereocenters. The highest BCUT2D eigenvalue weighted by Crippen LogP contribution is 2.22. The van der Waals surface area contributed by atoms with E-state index in [0.29, 0.717) is 6.54 Å². The summed E-state index contributed by atoms with van der Waals surface area (Å²) in [6.45, 7) is 6.55. The molecule has 0 saturated carbocycles. The summed E-state index contributed by atoms with van der Waals surface area (Å²) < 4.78 is 0. The van der Waals surface area contributed by atoms with Crippen molar-refractivity contribution in [2.24, 2.45) is 0 Å². The molecule has 0 aliphatic carbocycles. The van der Waals surface area contributed by atoms with Crippen molar-refractivity contribution in [2.75, 3.05) is 26.2 Å². The van der Waals surface area contributed by atoms with E-state index in [2.05, 4.69) is 41.4 Å². The van der Waals surface area contributed by atoms with E-state index in [1.165, 1.54) is 5.56 Å². The molecule has 1 aromatic carbocycles. The summed E-state index contributed by atoms with van der Waals surface area (Å²) in [6.07, 6.45) is 1.99. The summed E-state index contributed by atoms with van der Waals surface area (Å²) in [7, 11) is 0. The van der Waals surface area contributed by atoms with Crippen molar-refractivity contribution < 1.29 is 5.11 Å². The lowest BCUT2D eigenvalue weighted by Crippen LogP contribution is -2.43. The van der Waals surface area contributed by atoms with E-state index in [0.717, 1.165) is 39.0 Å². The Hall–Kier alpha value is -0.900. The summed E-state index contributed by atoms with van der Waals surface area (Å²) in [6, 6.07) is 10.5. The number of nitrogens with zero attached hydrogens (tertiary/aromatic N) is 1. The van der Waals surface area contributed by atoms with Gasteiger partial charge in [0, 0.05) is 26.2 Å². The zero-order chi connectivity index (χ0) is 12.8. The van der Waals surface area contributed by atoms with E-state index < -0.39 is 5.60 Å². The molecule has 0 bridgehead atoms. The zero-order valence-corrected chi connectivity index (χ0v) is 11.2. The number of hydrogen-bond acceptors (Lipinski definition) is 3. The topological polar surface area (TPSA) is 35.5 Å². The molecule has 100 valence electrons. The highest BCUT2D eigenvalue weighted by Gasteiger charge is 2.35. The number of hydrogen-bond donors (Lipinski definition) is 2. The molecule has 1 fully saturated rings. The van der Waals surface area contributed by atoms with Gasteiger partial charge in [-0.05, 0) is 24.9 Å². The summed E-state index contributed by atoms with van der Waals surface area (Å²) in [4.78, 5) is 2.34. The molecule has 1 aliphatic rings. The first kappa shape index (κ1) is 13.5. The maximum atomic E-state index is 10.5. The fourth-order valence-electron chi connectivity index (χ4n) is 2.56. The second kappa shape index (κ2) is 6.32. The van der Waals surface area contributed by atoms with Gasteiger partial charge in [-0.15, -0.1) is 0 Å². The Morgan fingerprint density at radius 1 is 1.33 bits per heavy atom. The molecule has 1 heterocycles. The quantitative estimate of drug-likeness (QED) is 0.751. The summed E-state index contributed by atoms with van der Waals surface area (Å²) in [5.41, 5.74) is 0.785.